The van der Waals surface area contributed by atoms with Gasteiger partial charge >= 0.3 is 11.9 Å². The molecule has 0 aromatic heterocycles. The molecule has 0 saturated carbocycles. The molecule has 0 saturated heterocycles. The largest absolute Gasteiger partial charge is 0.467 e. The molecule has 2 atom stereocenters. The van der Waals surface area contributed by atoms with Gasteiger partial charge in [-0.15, -0.1) is 0 Å². The number of amides is 1. The van der Waals surface area contributed by atoms with Crippen molar-refractivity contribution in [3.8, 4) is 22.3 Å². The Morgan fingerprint density at radius 2 is 1.43 bits per heavy atom. The summed E-state index contributed by atoms with van der Waals surface area (Å²) in [5, 5.41) is 11.5. The second kappa shape index (κ2) is 14.2. The number of benzene rings is 3. The molecule has 3 rings (SSSR count). The minimum atomic E-state index is -1.16. The predicted octanol–water partition coefficient (Wildman–Crippen LogP) is 2.89. The lowest BCUT2D eigenvalue weighted by molar-refractivity contribution is -0.146. The number of carbonyl (C=O) groups excluding carboxylic acids is 3. The molecule has 0 heterocycles. The van der Waals surface area contributed by atoms with Crippen molar-refractivity contribution in [2.24, 2.45) is 5.73 Å². The number of carbonyl (C=O) groups is 3. The van der Waals surface area contributed by atoms with E-state index in [1.54, 1.807) is 12.1 Å². The Morgan fingerprint density at radius 1 is 0.892 bits per heavy atom. The molecule has 37 heavy (non-hydrogen) atoms. The van der Waals surface area contributed by atoms with Crippen molar-refractivity contribution >= 4 is 29.6 Å². The highest BCUT2D eigenvalue weighted by Gasteiger charge is 2.23. The van der Waals surface area contributed by atoms with E-state index in [4.69, 9.17) is 15.6 Å². The minimum Gasteiger partial charge on any atom is -0.467 e. The van der Waals surface area contributed by atoms with Crippen LogP contribution in [0.25, 0.3) is 22.3 Å². The van der Waals surface area contributed by atoms with Crippen molar-refractivity contribution in [1.82, 2.24) is 5.32 Å². The first-order chi connectivity index (χ1) is 17.9. The van der Waals surface area contributed by atoms with Gasteiger partial charge in [-0.1, -0.05) is 66.7 Å². The number of thioether (sulfide) groups is 1. The van der Waals surface area contributed by atoms with Crippen LogP contribution >= 0.6 is 11.8 Å². The highest BCUT2D eigenvalue weighted by molar-refractivity contribution is 7.99. The second-order valence-corrected chi connectivity index (χ2v) is 9.25. The lowest BCUT2D eigenvalue weighted by Crippen LogP contribution is -2.51. The lowest BCUT2D eigenvalue weighted by atomic mass is 10.00. The summed E-state index contributed by atoms with van der Waals surface area (Å²) in [6, 6.07) is 23.6. The number of methoxy groups -OCH3 is 1. The molecule has 3 aromatic carbocycles. The number of aliphatic hydroxyl groups excluding tert-OH is 1. The number of hydrogen-bond donors (Lipinski definition) is 3. The molecule has 0 aliphatic rings. The molecule has 1 amide bonds. The second-order valence-electron chi connectivity index (χ2n) is 8.10. The molecule has 9 heteroatoms. The van der Waals surface area contributed by atoms with Crippen LogP contribution < -0.4 is 11.1 Å². The highest BCUT2D eigenvalue weighted by atomic mass is 32.2. The summed E-state index contributed by atoms with van der Waals surface area (Å²) in [5.74, 6) is -1.07. The van der Waals surface area contributed by atoms with E-state index in [1.807, 2.05) is 30.3 Å². The molecule has 0 spiro atoms. The molecule has 0 fully saturated rings. The molecule has 3 aromatic rings. The number of aliphatic hydroxyl groups is 1. The van der Waals surface area contributed by atoms with E-state index >= 15 is 0 Å². The van der Waals surface area contributed by atoms with Crippen molar-refractivity contribution in [1.29, 1.82) is 0 Å². The van der Waals surface area contributed by atoms with Crippen LogP contribution in [0, 0.1) is 0 Å². The summed E-state index contributed by atoms with van der Waals surface area (Å²) >= 11 is 1.33. The molecule has 0 aliphatic heterocycles. The maximum Gasteiger partial charge on any atom is 0.338 e. The summed E-state index contributed by atoms with van der Waals surface area (Å²) in [7, 11) is 1.16. The Bertz CT molecular complexity index is 1170. The Kier molecular flexibility index (Phi) is 10.7. The fourth-order valence-electron chi connectivity index (χ4n) is 3.45. The fraction of sp³-hybridized carbons (Fsp3) is 0.250. The van der Waals surface area contributed by atoms with Crippen molar-refractivity contribution in [2.45, 2.75) is 12.1 Å². The minimum absolute atomic E-state index is 0.155. The molecule has 0 radical (unpaired) electrons. The van der Waals surface area contributed by atoms with E-state index < -0.39 is 36.5 Å². The highest BCUT2D eigenvalue weighted by Crippen LogP contribution is 2.25. The number of rotatable bonds is 12. The van der Waals surface area contributed by atoms with Crippen LogP contribution in [0.2, 0.25) is 0 Å². The number of hydrogen-bond acceptors (Lipinski definition) is 8. The number of esters is 2. The molecular weight excluding hydrogens is 492 g/mol. The third-order valence-electron chi connectivity index (χ3n) is 5.53. The van der Waals surface area contributed by atoms with E-state index in [2.05, 4.69) is 46.5 Å². The molecule has 0 unspecified atom stereocenters. The van der Waals surface area contributed by atoms with Gasteiger partial charge < -0.3 is 25.6 Å². The third-order valence-corrected chi connectivity index (χ3v) is 6.58. The fourth-order valence-corrected chi connectivity index (χ4v) is 4.22. The predicted molar refractivity (Wildman–Crippen MR) is 144 cm³/mol. The van der Waals surface area contributed by atoms with Crippen LogP contribution in [-0.2, 0) is 19.1 Å². The molecule has 0 aliphatic carbocycles. The lowest BCUT2D eigenvalue weighted by Gasteiger charge is -2.17. The van der Waals surface area contributed by atoms with E-state index in [0.29, 0.717) is 11.3 Å². The Morgan fingerprint density at radius 3 is 1.97 bits per heavy atom. The van der Waals surface area contributed by atoms with E-state index in [-0.39, 0.29) is 12.4 Å². The summed E-state index contributed by atoms with van der Waals surface area (Å²) in [6.45, 7) is -0.433. The van der Waals surface area contributed by atoms with Gasteiger partial charge in [0.1, 0.15) is 6.61 Å². The van der Waals surface area contributed by atoms with Gasteiger partial charge in [0.2, 0.25) is 5.91 Å². The van der Waals surface area contributed by atoms with Gasteiger partial charge in [0.15, 0.2) is 6.04 Å². The molecule has 194 valence electrons. The van der Waals surface area contributed by atoms with Gasteiger partial charge in [-0.05, 0) is 34.4 Å². The molecule has 0 bridgehead atoms. The maximum absolute atomic E-state index is 12.4. The smallest absolute Gasteiger partial charge is 0.338 e. The summed E-state index contributed by atoms with van der Waals surface area (Å²) in [6.07, 6.45) is 0. The zero-order valence-electron chi connectivity index (χ0n) is 20.5. The Balaban J connectivity index is 1.41. The third kappa shape index (κ3) is 8.18. The van der Waals surface area contributed by atoms with Crippen molar-refractivity contribution in [3.05, 3.63) is 84.4 Å². The maximum atomic E-state index is 12.4. The van der Waals surface area contributed by atoms with Crippen molar-refractivity contribution in [3.63, 3.8) is 0 Å². The van der Waals surface area contributed by atoms with Crippen molar-refractivity contribution < 1.29 is 29.0 Å². The monoisotopic (exact) mass is 522 g/mol. The van der Waals surface area contributed by atoms with Crippen LogP contribution in [0.15, 0.2) is 78.9 Å². The van der Waals surface area contributed by atoms with Gasteiger partial charge in [-0.25, -0.2) is 9.59 Å². The average molecular weight is 523 g/mol. The quantitative estimate of drug-likeness (QED) is 0.245. The normalized spacial score (nSPS) is 12.3. The van der Waals surface area contributed by atoms with Crippen LogP contribution in [0.3, 0.4) is 0 Å². The van der Waals surface area contributed by atoms with Crippen LogP contribution in [-0.4, -0.2) is 66.9 Å². The zero-order valence-corrected chi connectivity index (χ0v) is 21.3. The Labute approximate surface area is 220 Å². The van der Waals surface area contributed by atoms with Gasteiger partial charge in [0.25, 0.3) is 0 Å². The first-order valence-corrected chi connectivity index (χ1v) is 12.8. The summed E-state index contributed by atoms with van der Waals surface area (Å²) < 4.78 is 9.81. The molecular formula is C28H30N2O6S. The van der Waals surface area contributed by atoms with E-state index in [1.165, 1.54) is 11.8 Å². The van der Waals surface area contributed by atoms with E-state index in [9.17, 15) is 14.4 Å². The SMILES string of the molecule is COC(=O)[C@H](CO)NC(=O)[C@@H](N)CSCCOC(=O)c1ccc(-c2ccc(-c3ccccc3)cc2)cc1. The summed E-state index contributed by atoms with van der Waals surface area (Å²) in [5.41, 5.74) is 10.6. The molecule has 8 nitrogen and oxygen atoms in total. The van der Waals surface area contributed by atoms with Crippen LogP contribution in [0.4, 0.5) is 0 Å². The Hall–Kier alpha value is -3.66. The van der Waals surface area contributed by atoms with Gasteiger partial charge in [0.05, 0.1) is 25.3 Å². The van der Waals surface area contributed by atoms with Gasteiger partial charge in [0, 0.05) is 11.5 Å². The van der Waals surface area contributed by atoms with Crippen LogP contribution in [0.1, 0.15) is 10.4 Å². The molecule has 4 N–H and O–H groups in total. The number of nitrogens with one attached hydrogen (secondary N) is 1. The summed E-state index contributed by atoms with van der Waals surface area (Å²) in [4.78, 5) is 35.8. The van der Waals surface area contributed by atoms with E-state index in [0.717, 1.165) is 29.4 Å². The first kappa shape index (κ1) is 27.9. The zero-order chi connectivity index (χ0) is 26.6. The topological polar surface area (TPSA) is 128 Å². The average Bonchev–Trinajstić information content (AvgIpc) is 2.95. The standard InChI is InChI=1S/C28H30N2O6S/c1-35-28(34)25(17-31)30-26(32)24(29)18-37-16-15-36-27(33)23-13-11-22(12-14-23)21-9-7-20(8-10-21)19-5-3-2-4-6-19/h2-14,24-25,31H,15-18,29H2,1H3,(H,30,32)/t24-,25-/m0/s1. The van der Waals surface area contributed by atoms with Gasteiger partial charge in [-0.2, -0.15) is 11.8 Å². The van der Waals surface area contributed by atoms with Crippen LogP contribution in [0.5, 0.6) is 0 Å². The number of nitrogens with two attached hydrogens (primary N) is 1. The first-order valence-electron chi connectivity index (χ1n) is 11.7. The van der Waals surface area contributed by atoms with Gasteiger partial charge in [-0.3, -0.25) is 4.79 Å². The van der Waals surface area contributed by atoms with Crippen molar-refractivity contribution in [2.75, 3.05) is 31.8 Å². The number of ether oxygens (including phenoxy) is 2.